The minimum Gasteiger partial charge on any atom is -0.476 e. The molecule has 7 heteroatoms. The number of amides is 1. The average molecular weight is 276 g/mol. The quantitative estimate of drug-likeness (QED) is 0.757. The van der Waals surface area contributed by atoms with Crippen LogP contribution in [0.3, 0.4) is 0 Å². The van der Waals surface area contributed by atoms with Gasteiger partial charge in [-0.1, -0.05) is 6.07 Å². The molecule has 20 heavy (non-hydrogen) atoms. The van der Waals surface area contributed by atoms with Gasteiger partial charge in [0.25, 0.3) is 0 Å². The first kappa shape index (κ1) is 13.9. The number of primary amides is 1. The van der Waals surface area contributed by atoms with E-state index in [-0.39, 0.29) is 17.9 Å². The highest BCUT2D eigenvalue weighted by atomic mass is 16.4. The van der Waals surface area contributed by atoms with Crippen molar-refractivity contribution in [1.29, 1.82) is 0 Å². The van der Waals surface area contributed by atoms with Crippen LogP contribution < -0.4 is 11.1 Å². The van der Waals surface area contributed by atoms with Gasteiger partial charge in [-0.2, -0.15) is 0 Å². The van der Waals surface area contributed by atoms with Gasteiger partial charge < -0.3 is 16.2 Å². The molecule has 106 valence electrons. The van der Waals surface area contributed by atoms with Crippen LogP contribution >= 0.6 is 0 Å². The van der Waals surface area contributed by atoms with E-state index in [1.807, 2.05) is 0 Å². The number of nitrogens with one attached hydrogen (secondary N) is 1. The Morgan fingerprint density at radius 2 is 2.15 bits per heavy atom. The van der Waals surface area contributed by atoms with Gasteiger partial charge in [0.05, 0.1) is 0 Å². The topological polar surface area (TPSA) is 110 Å². The summed E-state index contributed by atoms with van der Waals surface area (Å²) >= 11 is 0. The minimum atomic E-state index is -1.10. The first-order chi connectivity index (χ1) is 9.30. The zero-order chi connectivity index (χ0) is 14.9. The number of hydrogen-bond donors (Lipinski definition) is 3. The SMILES string of the molecule is CC(C)(CC(N)=O)Nc1nc2ccccn2c1C(=O)O. The molecule has 0 aliphatic rings. The molecule has 2 aromatic rings. The van der Waals surface area contributed by atoms with Crippen LogP contribution in [-0.4, -0.2) is 31.9 Å². The maximum atomic E-state index is 11.4. The fourth-order valence-electron chi connectivity index (χ4n) is 2.09. The summed E-state index contributed by atoms with van der Waals surface area (Å²) in [5, 5.41) is 12.3. The van der Waals surface area contributed by atoms with E-state index in [1.54, 1.807) is 38.2 Å². The lowest BCUT2D eigenvalue weighted by Crippen LogP contribution is -2.36. The summed E-state index contributed by atoms with van der Waals surface area (Å²) in [4.78, 5) is 26.7. The number of fused-ring (bicyclic) bond motifs is 1. The number of carboxylic acid groups (broad SMARTS) is 1. The van der Waals surface area contributed by atoms with Crippen molar-refractivity contribution in [2.45, 2.75) is 25.8 Å². The van der Waals surface area contributed by atoms with Crippen molar-refractivity contribution in [2.75, 3.05) is 5.32 Å². The molecule has 7 nitrogen and oxygen atoms in total. The number of hydrogen-bond acceptors (Lipinski definition) is 4. The van der Waals surface area contributed by atoms with Crippen LogP contribution in [0.5, 0.6) is 0 Å². The summed E-state index contributed by atoms with van der Waals surface area (Å²) in [5.41, 5.74) is 5.04. The number of aromatic carboxylic acids is 1. The van der Waals surface area contributed by atoms with Crippen molar-refractivity contribution in [3.8, 4) is 0 Å². The molecule has 0 aromatic carbocycles. The Morgan fingerprint density at radius 1 is 1.45 bits per heavy atom. The molecule has 2 heterocycles. The van der Waals surface area contributed by atoms with Crippen LogP contribution in [-0.2, 0) is 4.79 Å². The lowest BCUT2D eigenvalue weighted by Gasteiger charge is -2.24. The van der Waals surface area contributed by atoms with Gasteiger partial charge in [0.15, 0.2) is 11.5 Å². The molecule has 0 bridgehead atoms. The van der Waals surface area contributed by atoms with Gasteiger partial charge in [-0.25, -0.2) is 9.78 Å². The van der Waals surface area contributed by atoms with Crippen LogP contribution in [0.25, 0.3) is 5.65 Å². The second-order valence-electron chi connectivity index (χ2n) is 5.19. The monoisotopic (exact) mass is 276 g/mol. The average Bonchev–Trinajstić information content (AvgIpc) is 2.63. The van der Waals surface area contributed by atoms with E-state index in [1.165, 1.54) is 4.40 Å². The third kappa shape index (κ3) is 2.71. The molecule has 1 amide bonds. The van der Waals surface area contributed by atoms with Gasteiger partial charge in [-0.15, -0.1) is 0 Å². The normalized spacial score (nSPS) is 11.5. The molecular formula is C13H16N4O3. The maximum Gasteiger partial charge on any atom is 0.356 e. The Kier molecular flexibility index (Phi) is 3.35. The first-order valence-electron chi connectivity index (χ1n) is 6.07. The van der Waals surface area contributed by atoms with E-state index in [0.29, 0.717) is 5.65 Å². The van der Waals surface area contributed by atoms with Crippen LogP contribution in [0.4, 0.5) is 5.82 Å². The number of pyridine rings is 1. The summed E-state index contributed by atoms with van der Waals surface area (Å²) < 4.78 is 1.48. The Hall–Kier alpha value is -2.57. The molecule has 0 saturated heterocycles. The summed E-state index contributed by atoms with van der Waals surface area (Å²) in [6.07, 6.45) is 1.69. The summed E-state index contributed by atoms with van der Waals surface area (Å²) in [6.45, 7) is 3.51. The summed E-state index contributed by atoms with van der Waals surface area (Å²) in [6, 6.07) is 5.20. The molecule has 0 unspecified atom stereocenters. The zero-order valence-corrected chi connectivity index (χ0v) is 11.3. The fourth-order valence-corrected chi connectivity index (χ4v) is 2.09. The van der Waals surface area contributed by atoms with Gasteiger partial charge in [0.1, 0.15) is 5.65 Å². The number of nitrogens with two attached hydrogens (primary N) is 1. The second kappa shape index (κ2) is 4.84. The molecule has 0 saturated carbocycles. The lowest BCUT2D eigenvalue weighted by atomic mass is 10.0. The van der Waals surface area contributed by atoms with Crippen molar-refractivity contribution in [2.24, 2.45) is 5.73 Å². The number of aromatic nitrogens is 2. The Bertz CT molecular complexity index is 675. The van der Waals surface area contributed by atoms with E-state index < -0.39 is 17.4 Å². The van der Waals surface area contributed by atoms with Crippen molar-refractivity contribution in [3.63, 3.8) is 0 Å². The summed E-state index contributed by atoms with van der Waals surface area (Å²) in [5.74, 6) is -1.35. The standard InChI is InChI=1S/C13H16N4O3/c1-13(2,7-8(14)18)16-11-10(12(19)20)17-6-4-3-5-9(17)15-11/h3-6,16H,7H2,1-2H3,(H2,14,18)(H,19,20). The van der Waals surface area contributed by atoms with Crippen molar-refractivity contribution in [1.82, 2.24) is 9.38 Å². The van der Waals surface area contributed by atoms with Crippen LogP contribution in [0, 0.1) is 0 Å². The molecule has 0 spiro atoms. The van der Waals surface area contributed by atoms with Crippen LogP contribution in [0.2, 0.25) is 0 Å². The highest BCUT2D eigenvalue weighted by molar-refractivity contribution is 5.93. The predicted octanol–water partition coefficient (Wildman–Crippen LogP) is 1.10. The number of carbonyl (C=O) groups is 2. The number of anilines is 1. The smallest absolute Gasteiger partial charge is 0.356 e. The van der Waals surface area contributed by atoms with E-state index in [0.717, 1.165) is 0 Å². The Labute approximate surface area is 115 Å². The molecule has 0 aliphatic carbocycles. The van der Waals surface area contributed by atoms with Gasteiger partial charge >= 0.3 is 5.97 Å². The summed E-state index contributed by atoms with van der Waals surface area (Å²) in [7, 11) is 0. The van der Waals surface area contributed by atoms with E-state index in [9.17, 15) is 14.7 Å². The number of carbonyl (C=O) groups excluding carboxylic acids is 1. The molecule has 0 fully saturated rings. The number of imidazole rings is 1. The number of rotatable bonds is 5. The van der Waals surface area contributed by atoms with Gasteiger partial charge in [0.2, 0.25) is 5.91 Å². The van der Waals surface area contributed by atoms with Crippen molar-refractivity contribution in [3.05, 3.63) is 30.1 Å². The number of nitrogens with zero attached hydrogens (tertiary/aromatic N) is 2. The number of carboxylic acids is 1. The highest BCUT2D eigenvalue weighted by Crippen LogP contribution is 2.23. The Morgan fingerprint density at radius 3 is 2.75 bits per heavy atom. The van der Waals surface area contributed by atoms with Crippen molar-refractivity contribution < 1.29 is 14.7 Å². The highest BCUT2D eigenvalue weighted by Gasteiger charge is 2.26. The fraction of sp³-hybridized carbons (Fsp3) is 0.308. The molecule has 0 atom stereocenters. The molecule has 2 aromatic heterocycles. The van der Waals surface area contributed by atoms with E-state index >= 15 is 0 Å². The predicted molar refractivity (Wildman–Crippen MR) is 73.7 cm³/mol. The van der Waals surface area contributed by atoms with Gasteiger partial charge in [-0.05, 0) is 26.0 Å². The third-order valence-corrected chi connectivity index (χ3v) is 2.81. The molecule has 0 aliphatic heterocycles. The van der Waals surface area contributed by atoms with Gasteiger partial charge in [-0.3, -0.25) is 9.20 Å². The van der Waals surface area contributed by atoms with Crippen molar-refractivity contribution >= 4 is 23.3 Å². The van der Waals surface area contributed by atoms with E-state index in [4.69, 9.17) is 5.73 Å². The minimum absolute atomic E-state index is 0.0261. The van der Waals surface area contributed by atoms with Gasteiger partial charge in [0, 0.05) is 18.2 Å². The molecule has 4 N–H and O–H groups in total. The second-order valence-corrected chi connectivity index (χ2v) is 5.19. The lowest BCUT2D eigenvalue weighted by molar-refractivity contribution is -0.118. The molecule has 2 rings (SSSR count). The maximum absolute atomic E-state index is 11.4. The molecular weight excluding hydrogens is 260 g/mol. The first-order valence-corrected chi connectivity index (χ1v) is 6.07. The zero-order valence-electron chi connectivity index (χ0n) is 11.3. The van der Waals surface area contributed by atoms with Crippen LogP contribution in [0.1, 0.15) is 30.8 Å². The largest absolute Gasteiger partial charge is 0.476 e. The van der Waals surface area contributed by atoms with Crippen LogP contribution in [0.15, 0.2) is 24.4 Å². The Balaban J connectivity index is 2.46. The molecule has 0 radical (unpaired) electrons. The van der Waals surface area contributed by atoms with E-state index in [2.05, 4.69) is 10.3 Å². The third-order valence-electron chi connectivity index (χ3n) is 2.81.